The minimum Gasteiger partial charge on any atom is -0.465 e. The Kier molecular flexibility index (Phi) is 6.09. The van der Waals surface area contributed by atoms with Crippen molar-refractivity contribution in [2.45, 2.75) is 19.9 Å². The first-order valence-corrected chi connectivity index (χ1v) is 6.66. The number of rotatable bonds is 6. The summed E-state index contributed by atoms with van der Waals surface area (Å²) in [6.07, 6.45) is 1.72. The Hall–Kier alpha value is -1.13. The summed E-state index contributed by atoms with van der Waals surface area (Å²) in [5.74, 6) is -0.274. The van der Waals surface area contributed by atoms with E-state index in [1.165, 1.54) is 0 Å². The van der Waals surface area contributed by atoms with Crippen LogP contribution in [0.1, 0.15) is 24.1 Å². The van der Waals surface area contributed by atoms with Crippen LogP contribution < -0.4 is 5.32 Å². The summed E-state index contributed by atoms with van der Waals surface area (Å²) >= 11 is 3.49. The lowest BCUT2D eigenvalue weighted by Gasteiger charge is -2.18. The molecule has 0 fully saturated rings. The second-order valence-electron chi connectivity index (χ2n) is 3.91. The first-order valence-electron chi connectivity index (χ1n) is 5.87. The Balaban J connectivity index is 3.00. The monoisotopic (exact) mass is 311 g/mol. The fourth-order valence-electron chi connectivity index (χ4n) is 1.61. The lowest BCUT2D eigenvalue weighted by molar-refractivity contribution is -0.145. The van der Waals surface area contributed by atoms with Crippen LogP contribution in [0.5, 0.6) is 0 Å². The Morgan fingerprint density at radius 2 is 2.33 bits per heavy atom. The van der Waals surface area contributed by atoms with E-state index >= 15 is 0 Å². The summed E-state index contributed by atoms with van der Waals surface area (Å²) in [6.45, 7) is 8.36. The summed E-state index contributed by atoms with van der Waals surface area (Å²) < 4.78 is 5.98. The molecule has 0 saturated carbocycles. The van der Waals surface area contributed by atoms with Gasteiger partial charge in [0.15, 0.2) is 0 Å². The van der Waals surface area contributed by atoms with Crippen molar-refractivity contribution < 1.29 is 9.53 Å². The molecule has 1 unspecified atom stereocenters. The van der Waals surface area contributed by atoms with Crippen LogP contribution in [0.15, 0.2) is 35.3 Å². The predicted octanol–water partition coefficient (Wildman–Crippen LogP) is 3.14. The molecule has 0 aromatic heterocycles. The maximum absolute atomic E-state index is 11.9. The highest BCUT2D eigenvalue weighted by Gasteiger charge is 2.22. The molecule has 0 spiro atoms. The van der Waals surface area contributed by atoms with Crippen LogP contribution in [0, 0.1) is 6.92 Å². The molecule has 4 heteroatoms. The molecule has 0 radical (unpaired) electrons. The number of nitrogens with one attached hydrogen (secondary N) is 1. The number of benzene rings is 1. The van der Waals surface area contributed by atoms with Gasteiger partial charge in [-0.1, -0.05) is 34.1 Å². The molecule has 0 aliphatic heterocycles. The zero-order valence-electron chi connectivity index (χ0n) is 10.7. The lowest BCUT2D eigenvalue weighted by atomic mass is 10.1. The van der Waals surface area contributed by atoms with Gasteiger partial charge in [0.2, 0.25) is 0 Å². The van der Waals surface area contributed by atoms with Gasteiger partial charge in [-0.2, -0.15) is 0 Å². The molecule has 18 heavy (non-hydrogen) atoms. The first-order chi connectivity index (χ1) is 8.60. The fraction of sp³-hybridized carbons (Fsp3) is 0.357. The van der Waals surface area contributed by atoms with Crippen LogP contribution in [0.4, 0.5) is 0 Å². The molecule has 1 N–H and O–H groups in total. The molecular weight excluding hydrogens is 294 g/mol. The van der Waals surface area contributed by atoms with Crippen molar-refractivity contribution >= 4 is 21.9 Å². The first kappa shape index (κ1) is 14.9. The number of hydrogen-bond donors (Lipinski definition) is 1. The molecule has 1 aromatic rings. The highest BCUT2D eigenvalue weighted by molar-refractivity contribution is 9.10. The van der Waals surface area contributed by atoms with Crippen molar-refractivity contribution in [3.63, 3.8) is 0 Å². The molecule has 0 bridgehead atoms. The summed E-state index contributed by atoms with van der Waals surface area (Å²) in [6, 6.07) is 5.41. The molecule has 98 valence electrons. The molecule has 0 amide bonds. The van der Waals surface area contributed by atoms with Gasteiger partial charge in [0.1, 0.15) is 6.04 Å². The van der Waals surface area contributed by atoms with E-state index in [1.807, 2.05) is 25.1 Å². The molecule has 0 aliphatic rings. The number of esters is 1. The Labute approximate surface area is 116 Å². The van der Waals surface area contributed by atoms with Crippen molar-refractivity contribution in [2.24, 2.45) is 0 Å². The molecule has 3 nitrogen and oxygen atoms in total. The van der Waals surface area contributed by atoms with Gasteiger partial charge in [-0.15, -0.1) is 6.58 Å². The zero-order valence-corrected chi connectivity index (χ0v) is 12.3. The highest BCUT2D eigenvalue weighted by atomic mass is 79.9. The SMILES string of the molecule is C=CCNC(C(=O)OCC)c1ccc(C)cc1Br. The van der Waals surface area contributed by atoms with E-state index in [9.17, 15) is 4.79 Å². The largest absolute Gasteiger partial charge is 0.465 e. The third-order valence-electron chi connectivity index (χ3n) is 2.46. The Bertz CT molecular complexity index is 432. The smallest absolute Gasteiger partial charge is 0.327 e. The van der Waals surface area contributed by atoms with E-state index in [0.29, 0.717) is 13.2 Å². The van der Waals surface area contributed by atoms with Gasteiger partial charge >= 0.3 is 5.97 Å². The van der Waals surface area contributed by atoms with Crippen molar-refractivity contribution in [3.8, 4) is 0 Å². The van der Waals surface area contributed by atoms with Crippen LogP contribution in [0.3, 0.4) is 0 Å². The van der Waals surface area contributed by atoms with Crippen LogP contribution in [0.25, 0.3) is 0 Å². The minimum absolute atomic E-state index is 0.274. The molecule has 0 heterocycles. The van der Waals surface area contributed by atoms with Crippen molar-refractivity contribution in [3.05, 3.63) is 46.5 Å². The van der Waals surface area contributed by atoms with E-state index in [0.717, 1.165) is 15.6 Å². The molecular formula is C14H18BrNO2. The lowest BCUT2D eigenvalue weighted by Crippen LogP contribution is -2.30. The van der Waals surface area contributed by atoms with Gasteiger partial charge in [0.25, 0.3) is 0 Å². The normalized spacial score (nSPS) is 11.9. The fourth-order valence-corrected chi connectivity index (χ4v) is 2.34. The quantitative estimate of drug-likeness (QED) is 0.648. The molecule has 1 rings (SSSR count). The number of ether oxygens (including phenoxy) is 1. The second kappa shape index (κ2) is 7.34. The van der Waals surface area contributed by atoms with Crippen molar-refractivity contribution in [1.29, 1.82) is 0 Å². The Morgan fingerprint density at radius 1 is 1.61 bits per heavy atom. The van der Waals surface area contributed by atoms with Gasteiger partial charge in [0, 0.05) is 11.0 Å². The zero-order chi connectivity index (χ0) is 13.5. The summed E-state index contributed by atoms with van der Waals surface area (Å²) in [4.78, 5) is 11.9. The van der Waals surface area contributed by atoms with Crippen LogP contribution in [-0.2, 0) is 9.53 Å². The predicted molar refractivity (Wildman–Crippen MR) is 76.5 cm³/mol. The molecule has 1 aromatic carbocycles. The van der Waals surface area contributed by atoms with Gasteiger partial charge < -0.3 is 4.74 Å². The average molecular weight is 312 g/mol. The Morgan fingerprint density at radius 3 is 2.89 bits per heavy atom. The number of carbonyl (C=O) groups is 1. The van der Waals surface area contributed by atoms with E-state index in [1.54, 1.807) is 13.0 Å². The molecule has 0 aliphatic carbocycles. The summed E-state index contributed by atoms with van der Waals surface area (Å²) in [7, 11) is 0. The molecule has 0 saturated heterocycles. The highest BCUT2D eigenvalue weighted by Crippen LogP contribution is 2.25. The van der Waals surface area contributed by atoms with E-state index < -0.39 is 6.04 Å². The number of hydrogen-bond acceptors (Lipinski definition) is 3. The van der Waals surface area contributed by atoms with Crippen LogP contribution >= 0.6 is 15.9 Å². The van der Waals surface area contributed by atoms with Crippen LogP contribution in [-0.4, -0.2) is 19.1 Å². The van der Waals surface area contributed by atoms with Crippen molar-refractivity contribution in [1.82, 2.24) is 5.32 Å². The maximum atomic E-state index is 11.9. The third-order valence-corrected chi connectivity index (χ3v) is 3.14. The van der Waals surface area contributed by atoms with E-state index in [2.05, 4.69) is 27.8 Å². The summed E-state index contributed by atoms with van der Waals surface area (Å²) in [5.41, 5.74) is 2.01. The third kappa shape index (κ3) is 3.96. The van der Waals surface area contributed by atoms with Gasteiger partial charge in [-0.05, 0) is 31.0 Å². The topological polar surface area (TPSA) is 38.3 Å². The maximum Gasteiger partial charge on any atom is 0.327 e. The number of carbonyl (C=O) groups excluding carboxylic acids is 1. The van der Waals surface area contributed by atoms with Crippen LogP contribution in [0.2, 0.25) is 0 Å². The van der Waals surface area contributed by atoms with Gasteiger partial charge in [-0.25, -0.2) is 4.79 Å². The minimum atomic E-state index is -0.474. The molecule has 1 atom stereocenters. The van der Waals surface area contributed by atoms with E-state index in [4.69, 9.17) is 4.74 Å². The van der Waals surface area contributed by atoms with E-state index in [-0.39, 0.29) is 5.97 Å². The van der Waals surface area contributed by atoms with Gasteiger partial charge in [0.05, 0.1) is 6.61 Å². The number of halogens is 1. The van der Waals surface area contributed by atoms with Crippen molar-refractivity contribution in [2.75, 3.05) is 13.2 Å². The number of aryl methyl sites for hydroxylation is 1. The summed E-state index contributed by atoms with van der Waals surface area (Å²) in [5, 5.41) is 3.11. The van der Waals surface area contributed by atoms with Gasteiger partial charge in [-0.3, -0.25) is 5.32 Å². The second-order valence-corrected chi connectivity index (χ2v) is 4.76. The standard InChI is InChI=1S/C14H18BrNO2/c1-4-8-16-13(14(17)18-5-2)11-7-6-10(3)9-12(11)15/h4,6-7,9,13,16H,1,5,8H2,2-3H3. The average Bonchev–Trinajstić information content (AvgIpc) is 2.32.